The first-order chi connectivity index (χ1) is 10.1. The predicted octanol–water partition coefficient (Wildman–Crippen LogP) is 4.51. The highest BCUT2D eigenvalue weighted by molar-refractivity contribution is 9.10. The van der Waals surface area contributed by atoms with Gasteiger partial charge in [-0.25, -0.2) is 8.78 Å². The number of para-hydroxylation sites is 1. The SMILES string of the molecule is O=C(CC1CNc2ccccc21)c1c(F)ccc(Br)c1F. The van der Waals surface area contributed by atoms with Crippen LogP contribution in [0.5, 0.6) is 0 Å². The Kier molecular flexibility index (Phi) is 3.76. The maximum absolute atomic E-state index is 14.0. The summed E-state index contributed by atoms with van der Waals surface area (Å²) in [5.74, 6) is -2.24. The standard InChI is InChI=1S/C16H12BrF2NO/c17-11-5-6-12(18)15(16(11)19)14(21)7-9-8-20-13-4-2-1-3-10(9)13/h1-6,9,20H,7-8H2. The number of halogens is 3. The number of ketones is 1. The number of carbonyl (C=O) groups excluding carboxylic acids is 1. The summed E-state index contributed by atoms with van der Waals surface area (Å²) in [4.78, 5) is 12.3. The van der Waals surface area contributed by atoms with Crippen molar-refractivity contribution in [1.82, 2.24) is 0 Å². The first kappa shape index (κ1) is 14.2. The fourth-order valence-electron chi connectivity index (χ4n) is 2.65. The third-order valence-electron chi connectivity index (χ3n) is 3.69. The third kappa shape index (κ3) is 2.58. The molecule has 0 aliphatic carbocycles. The molecule has 21 heavy (non-hydrogen) atoms. The van der Waals surface area contributed by atoms with Crippen molar-refractivity contribution in [3.05, 3.63) is 63.6 Å². The zero-order chi connectivity index (χ0) is 15.0. The molecule has 0 fully saturated rings. The molecule has 0 spiro atoms. The van der Waals surface area contributed by atoms with E-state index in [-0.39, 0.29) is 16.8 Å². The summed E-state index contributed by atoms with van der Waals surface area (Å²) in [7, 11) is 0. The van der Waals surface area contributed by atoms with E-state index >= 15 is 0 Å². The van der Waals surface area contributed by atoms with Gasteiger partial charge in [0.1, 0.15) is 5.82 Å². The average molecular weight is 352 g/mol. The number of carbonyl (C=O) groups is 1. The van der Waals surface area contributed by atoms with Crippen LogP contribution in [0.2, 0.25) is 0 Å². The van der Waals surface area contributed by atoms with Crippen LogP contribution >= 0.6 is 15.9 Å². The van der Waals surface area contributed by atoms with Gasteiger partial charge in [0.2, 0.25) is 0 Å². The van der Waals surface area contributed by atoms with Crippen LogP contribution in [-0.4, -0.2) is 12.3 Å². The summed E-state index contributed by atoms with van der Waals surface area (Å²) in [6.07, 6.45) is 0.0777. The topological polar surface area (TPSA) is 29.1 Å². The summed E-state index contributed by atoms with van der Waals surface area (Å²) in [6, 6.07) is 10.0. The lowest BCUT2D eigenvalue weighted by Gasteiger charge is -2.11. The van der Waals surface area contributed by atoms with E-state index in [4.69, 9.17) is 0 Å². The van der Waals surface area contributed by atoms with E-state index in [9.17, 15) is 13.6 Å². The van der Waals surface area contributed by atoms with E-state index in [2.05, 4.69) is 21.2 Å². The van der Waals surface area contributed by atoms with Crippen molar-refractivity contribution in [3.63, 3.8) is 0 Å². The fraction of sp³-hybridized carbons (Fsp3) is 0.188. The van der Waals surface area contributed by atoms with Crippen LogP contribution < -0.4 is 5.32 Å². The quantitative estimate of drug-likeness (QED) is 0.651. The summed E-state index contributed by atoms with van der Waals surface area (Å²) in [5.41, 5.74) is 1.53. The molecule has 1 aliphatic heterocycles. The Bertz CT molecular complexity index is 717. The molecule has 0 bridgehead atoms. The Morgan fingerprint density at radius 2 is 2.00 bits per heavy atom. The smallest absolute Gasteiger partial charge is 0.169 e. The first-order valence-electron chi connectivity index (χ1n) is 6.57. The van der Waals surface area contributed by atoms with Gasteiger partial charge in [-0.1, -0.05) is 18.2 Å². The number of nitrogens with one attached hydrogen (secondary N) is 1. The number of benzene rings is 2. The highest BCUT2D eigenvalue weighted by atomic mass is 79.9. The molecule has 5 heteroatoms. The van der Waals surface area contributed by atoms with Gasteiger partial charge in [0.05, 0.1) is 10.0 Å². The Balaban J connectivity index is 1.87. The average Bonchev–Trinajstić information content (AvgIpc) is 2.87. The van der Waals surface area contributed by atoms with Gasteiger partial charge in [-0.05, 0) is 39.7 Å². The summed E-state index contributed by atoms with van der Waals surface area (Å²) in [5, 5.41) is 3.20. The Hall–Kier alpha value is -1.75. The van der Waals surface area contributed by atoms with Crippen molar-refractivity contribution in [2.75, 3.05) is 11.9 Å². The molecule has 0 radical (unpaired) electrons. The minimum absolute atomic E-state index is 0.0634. The fourth-order valence-corrected chi connectivity index (χ4v) is 2.98. The molecule has 1 atom stereocenters. The highest BCUT2D eigenvalue weighted by Gasteiger charge is 2.27. The van der Waals surface area contributed by atoms with Crippen molar-refractivity contribution in [3.8, 4) is 0 Å². The molecule has 0 saturated carbocycles. The Morgan fingerprint density at radius 3 is 2.81 bits per heavy atom. The van der Waals surface area contributed by atoms with E-state index in [1.54, 1.807) is 0 Å². The molecule has 0 amide bonds. The van der Waals surface area contributed by atoms with Crippen LogP contribution in [0.15, 0.2) is 40.9 Å². The molecule has 1 N–H and O–H groups in total. The lowest BCUT2D eigenvalue weighted by molar-refractivity contribution is 0.0967. The maximum atomic E-state index is 14.0. The molecular formula is C16H12BrF2NO. The largest absolute Gasteiger partial charge is 0.384 e. The number of rotatable bonds is 3. The van der Waals surface area contributed by atoms with Crippen molar-refractivity contribution in [2.24, 2.45) is 0 Å². The van der Waals surface area contributed by atoms with Crippen LogP contribution in [-0.2, 0) is 0 Å². The molecule has 1 aliphatic rings. The van der Waals surface area contributed by atoms with Gasteiger partial charge in [-0.15, -0.1) is 0 Å². The lowest BCUT2D eigenvalue weighted by atomic mass is 9.93. The van der Waals surface area contributed by atoms with Crippen LogP contribution in [0, 0.1) is 11.6 Å². The third-order valence-corrected chi connectivity index (χ3v) is 4.31. The minimum atomic E-state index is -0.834. The summed E-state index contributed by atoms with van der Waals surface area (Å²) >= 11 is 2.98. The van der Waals surface area contributed by atoms with Gasteiger partial charge in [0.25, 0.3) is 0 Å². The summed E-state index contributed by atoms with van der Waals surface area (Å²) in [6.45, 7) is 0.600. The number of anilines is 1. The van der Waals surface area contributed by atoms with E-state index in [1.165, 1.54) is 6.07 Å². The highest BCUT2D eigenvalue weighted by Crippen LogP contribution is 2.34. The zero-order valence-corrected chi connectivity index (χ0v) is 12.6. The summed E-state index contributed by atoms with van der Waals surface area (Å²) < 4.78 is 27.8. The van der Waals surface area contributed by atoms with Gasteiger partial charge in [-0.2, -0.15) is 0 Å². The minimum Gasteiger partial charge on any atom is -0.384 e. The molecule has 1 unspecified atom stereocenters. The van der Waals surface area contributed by atoms with Crippen molar-refractivity contribution in [1.29, 1.82) is 0 Å². The molecule has 0 saturated heterocycles. The first-order valence-corrected chi connectivity index (χ1v) is 7.36. The van der Waals surface area contributed by atoms with Gasteiger partial charge < -0.3 is 5.32 Å². The maximum Gasteiger partial charge on any atom is 0.169 e. The monoisotopic (exact) mass is 351 g/mol. The zero-order valence-electron chi connectivity index (χ0n) is 11.0. The number of Topliss-reactive ketones (excluding diaryl/α,β-unsaturated/α-hetero) is 1. The second-order valence-electron chi connectivity index (χ2n) is 5.01. The molecule has 108 valence electrons. The van der Waals surface area contributed by atoms with Gasteiger partial charge in [-0.3, -0.25) is 4.79 Å². The van der Waals surface area contributed by atoms with E-state index in [0.717, 1.165) is 17.3 Å². The van der Waals surface area contributed by atoms with Crippen LogP contribution in [0.25, 0.3) is 0 Å². The number of hydrogen-bond acceptors (Lipinski definition) is 2. The second-order valence-corrected chi connectivity index (χ2v) is 5.86. The molecule has 1 heterocycles. The predicted molar refractivity (Wildman–Crippen MR) is 80.7 cm³/mol. The second kappa shape index (κ2) is 5.56. The Labute approximate surface area is 129 Å². The van der Waals surface area contributed by atoms with E-state index < -0.39 is 23.0 Å². The normalized spacial score (nSPS) is 16.4. The van der Waals surface area contributed by atoms with Crippen LogP contribution in [0.1, 0.15) is 28.3 Å². The van der Waals surface area contributed by atoms with E-state index in [0.29, 0.717) is 6.54 Å². The van der Waals surface area contributed by atoms with Crippen molar-refractivity contribution in [2.45, 2.75) is 12.3 Å². The van der Waals surface area contributed by atoms with Crippen molar-refractivity contribution >= 4 is 27.4 Å². The molecule has 3 rings (SSSR count). The van der Waals surface area contributed by atoms with Crippen LogP contribution in [0.3, 0.4) is 0 Å². The van der Waals surface area contributed by atoms with Gasteiger partial charge in [0.15, 0.2) is 11.6 Å². The molecule has 0 aromatic heterocycles. The van der Waals surface area contributed by atoms with Crippen molar-refractivity contribution < 1.29 is 13.6 Å². The molecule has 2 aromatic carbocycles. The van der Waals surface area contributed by atoms with Gasteiger partial charge >= 0.3 is 0 Å². The number of fused-ring (bicyclic) bond motifs is 1. The number of hydrogen-bond donors (Lipinski definition) is 1. The molecule has 2 aromatic rings. The van der Waals surface area contributed by atoms with E-state index in [1.807, 2.05) is 24.3 Å². The molecular weight excluding hydrogens is 340 g/mol. The van der Waals surface area contributed by atoms with Gasteiger partial charge in [0, 0.05) is 24.6 Å². The molecule has 2 nitrogen and oxygen atoms in total. The van der Waals surface area contributed by atoms with Crippen LogP contribution in [0.4, 0.5) is 14.5 Å². The lowest BCUT2D eigenvalue weighted by Crippen LogP contribution is -2.13. The Morgan fingerprint density at radius 1 is 1.24 bits per heavy atom.